The van der Waals surface area contributed by atoms with Crippen LogP contribution in [0.4, 0.5) is 4.39 Å². The van der Waals surface area contributed by atoms with Gasteiger partial charge in [0, 0.05) is 11.6 Å². The summed E-state index contributed by atoms with van der Waals surface area (Å²) in [5.74, 6) is -0.911. The topological polar surface area (TPSA) is 44.1 Å². The van der Waals surface area contributed by atoms with Gasteiger partial charge in [0.25, 0.3) is 0 Å². The summed E-state index contributed by atoms with van der Waals surface area (Å²) in [5, 5.41) is 4.85. The largest absolute Gasteiger partial charge is 0.467 e. The molecular weight excluding hydrogens is 351 g/mol. The van der Waals surface area contributed by atoms with Crippen LogP contribution in [0.25, 0.3) is 10.9 Å². The van der Waals surface area contributed by atoms with Crippen molar-refractivity contribution < 1.29 is 13.9 Å². The Labute approximate surface area is 134 Å². The number of rotatable bonds is 3. The monoisotopic (exact) mass is 362 g/mol. The Balaban J connectivity index is 2.16. The molecule has 22 heavy (non-hydrogen) atoms. The summed E-state index contributed by atoms with van der Waals surface area (Å²) >= 11 is 3.13. The minimum Gasteiger partial charge on any atom is -0.467 e. The highest BCUT2D eigenvalue weighted by Crippen LogP contribution is 2.27. The van der Waals surface area contributed by atoms with E-state index in [9.17, 15) is 9.18 Å². The van der Waals surface area contributed by atoms with Crippen LogP contribution in [0.1, 0.15) is 11.6 Å². The molecule has 112 valence electrons. The Kier molecular flexibility index (Phi) is 3.94. The highest BCUT2D eigenvalue weighted by molar-refractivity contribution is 9.10. The predicted molar refractivity (Wildman–Crippen MR) is 84.0 cm³/mol. The molecule has 1 aromatic heterocycles. The number of hydrogen-bond donors (Lipinski definition) is 0. The van der Waals surface area contributed by atoms with Gasteiger partial charge in [-0.25, -0.2) is 9.18 Å². The highest BCUT2D eigenvalue weighted by Gasteiger charge is 2.25. The van der Waals surface area contributed by atoms with Crippen LogP contribution in [0, 0.1) is 5.82 Å². The van der Waals surface area contributed by atoms with Gasteiger partial charge < -0.3 is 4.74 Å². The van der Waals surface area contributed by atoms with Gasteiger partial charge >= 0.3 is 5.97 Å². The molecule has 2 aromatic carbocycles. The van der Waals surface area contributed by atoms with Crippen molar-refractivity contribution in [3.05, 3.63) is 64.5 Å². The number of hydrogen-bond acceptors (Lipinski definition) is 3. The minimum absolute atomic E-state index is 0.208. The first-order valence-corrected chi connectivity index (χ1v) is 7.36. The fourth-order valence-corrected chi connectivity index (χ4v) is 2.64. The number of halogens is 2. The van der Waals surface area contributed by atoms with Crippen LogP contribution in [0.15, 0.2) is 53.1 Å². The average Bonchev–Trinajstić information content (AvgIpc) is 2.96. The lowest BCUT2D eigenvalue weighted by Gasteiger charge is -2.15. The van der Waals surface area contributed by atoms with Crippen LogP contribution in [-0.2, 0) is 9.53 Å². The summed E-state index contributed by atoms with van der Waals surface area (Å²) < 4.78 is 20.8. The molecule has 0 aliphatic heterocycles. The smallest absolute Gasteiger partial charge is 0.335 e. The average molecular weight is 363 g/mol. The Hall–Kier alpha value is -2.21. The number of carbonyl (C=O) groups excluding carboxylic acids is 1. The number of benzene rings is 2. The zero-order valence-electron chi connectivity index (χ0n) is 11.7. The zero-order valence-corrected chi connectivity index (χ0v) is 13.2. The lowest BCUT2D eigenvalue weighted by Crippen LogP contribution is -2.22. The number of esters is 1. The summed E-state index contributed by atoms with van der Waals surface area (Å²) in [7, 11) is 1.32. The summed E-state index contributed by atoms with van der Waals surface area (Å²) in [5.41, 5.74) is 0.931. The summed E-state index contributed by atoms with van der Waals surface area (Å²) in [6.07, 6.45) is 1.64. The predicted octanol–water partition coefficient (Wildman–Crippen LogP) is 3.70. The van der Waals surface area contributed by atoms with Gasteiger partial charge in [0.05, 0.1) is 11.6 Å². The number of nitrogens with zero attached hydrogens (tertiary/aromatic N) is 2. The van der Waals surface area contributed by atoms with Crippen molar-refractivity contribution in [2.75, 3.05) is 7.11 Å². The van der Waals surface area contributed by atoms with E-state index in [1.807, 2.05) is 18.2 Å². The molecule has 0 saturated carbocycles. The number of fused-ring (bicyclic) bond motifs is 1. The first-order valence-electron chi connectivity index (χ1n) is 6.57. The second-order valence-corrected chi connectivity index (χ2v) is 5.60. The fourth-order valence-electron chi connectivity index (χ4n) is 2.32. The van der Waals surface area contributed by atoms with Crippen molar-refractivity contribution in [1.29, 1.82) is 0 Å². The molecule has 3 rings (SSSR count). The van der Waals surface area contributed by atoms with Crippen LogP contribution in [0.5, 0.6) is 0 Å². The number of carbonyl (C=O) groups is 1. The molecule has 6 heteroatoms. The maximum absolute atomic E-state index is 14.1. The molecule has 0 fully saturated rings. The Morgan fingerprint density at radius 1 is 1.27 bits per heavy atom. The van der Waals surface area contributed by atoms with Crippen molar-refractivity contribution in [3.8, 4) is 0 Å². The van der Waals surface area contributed by atoms with Crippen molar-refractivity contribution in [3.63, 3.8) is 0 Å². The van der Waals surface area contributed by atoms with Gasteiger partial charge in [0.15, 0.2) is 11.9 Å². The molecule has 0 unspecified atom stereocenters. The van der Waals surface area contributed by atoms with E-state index >= 15 is 0 Å². The summed E-state index contributed by atoms with van der Waals surface area (Å²) in [4.78, 5) is 12.2. The quantitative estimate of drug-likeness (QED) is 0.667. The van der Waals surface area contributed by atoms with Crippen LogP contribution >= 0.6 is 15.9 Å². The molecule has 0 aliphatic rings. The van der Waals surface area contributed by atoms with E-state index in [1.165, 1.54) is 11.8 Å². The Bertz CT molecular complexity index is 833. The van der Waals surface area contributed by atoms with E-state index in [0.29, 0.717) is 9.86 Å². The highest BCUT2D eigenvalue weighted by atomic mass is 79.9. The van der Waals surface area contributed by atoms with Crippen molar-refractivity contribution in [1.82, 2.24) is 9.78 Å². The molecule has 4 nitrogen and oxygen atoms in total. The molecule has 1 atom stereocenters. The number of methoxy groups -OCH3 is 1. The zero-order chi connectivity index (χ0) is 15.7. The van der Waals surface area contributed by atoms with Crippen LogP contribution < -0.4 is 0 Å². The number of ether oxygens (including phenoxy) is 1. The molecule has 0 saturated heterocycles. The van der Waals surface area contributed by atoms with Gasteiger partial charge in [0.2, 0.25) is 0 Å². The second-order valence-electron chi connectivity index (χ2n) is 4.74. The van der Waals surface area contributed by atoms with Crippen molar-refractivity contribution in [2.45, 2.75) is 6.04 Å². The molecule has 0 radical (unpaired) electrons. The van der Waals surface area contributed by atoms with E-state index in [0.717, 1.165) is 5.56 Å². The van der Waals surface area contributed by atoms with E-state index < -0.39 is 17.8 Å². The molecule has 0 N–H and O–H groups in total. The van der Waals surface area contributed by atoms with Crippen molar-refractivity contribution in [2.24, 2.45) is 0 Å². The molecule has 3 aromatic rings. The van der Waals surface area contributed by atoms with E-state index in [4.69, 9.17) is 4.74 Å². The second kappa shape index (κ2) is 5.88. The molecule has 0 spiro atoms. The van der Waals surface area contributed by atoms with E-state index in [2.05, 4.69) is 21.0 Å². The third-order valence-electron chi connectivity index (χ3n) is 3.39. The minimum atomic E-state index is -0.753. The lowest BCUT2D eigenvalue weighted by atomic mass is 10.1. The Morgan fingerprint density at radius 2 is 2.00 bits per heavy atom. The van der Waals surface area contributed by atoms with Gasteiger partial charge in [-0.1, -0.05) is 30.3 Å². The van der Waals surface area contributed by atoms with Gasteiger partial charge in [-0.05, 0) is 33.6 Å². The Morgan fingerprint density at radius 3 is 2.68 bits per heavy atom. The third kappa shape index (κ3) is 2.50. The standard InChI is InChI=1S/C16H12BrFN2O2/c1-22-16(21)15(10-5-3-2-4-6-10)20-9-11-7-8-12(17)13(18)14(11)19-20/h2-9,15H,1H3/t15-/m1/s1. The van der Waals surface area contributed by atoms with Crippen LogP contribution in [0.2, 0.25) is 0 Å². The van der Waals surface area contributed by atoms with E-state index in [-0.39, 0.29) is 5.52 Å². The first kappa shape index (κ1) is 14.7. The van der Waals surface area contributed by atoms with Crippen LogP contribution in [0.3, 0.4) is 0 Å². The summed E-state index contributed by atoms with van der Waals surface area (Å²) in [6, 6.07) is 11.7. The first-order chi connectivity index (χ1) is 10.6. The van der Waals surface area contributed by atoms with E-state index in [1.54, 1.807) is 30.5 Å². The van der Waals surface area contributed by atoms with Gasteiger partial charge in [-0.3, -0.25) is 4.68 Å². The molecule has 0 bridgehead atoms. The van der Waals surface area contributed by atoms with Gasteiger partial charge in [-0.2, -0.15) is 5.10 Å². The molecule has 0 aliphatic carbocycles. The van der Waals surface area contributed by atoms with Crippen LogP contribution in [-0.4, -0.2) is 22.9 Å². The number of aromatic nitrogens is 2. The normalized spacial score (nSPS) is 12.3. The molecule has 0 amide bonds. The summed E-state index contributed by atoms with van der Waals surface area (Å²) in [6.45, 7) is 0. The molecule has 1 heterocycles. The lowest BCUT2D eigenvalue weighted by molar-refractivity contribution is -0.143. The van der Waals surface area contributed by atoms with Crippen molar-refractivity contribution >= 4 is 32.8 Å². The third-order valence-corrected chi connectivity index (χ3v) is 4.00. The SMILES string of the molecule is COC(=O)[C@@H](c1ccccc1)n1cc2ccc(Br)c(F)c2n1. The van der Waals surface area contributed by atoms with Gasteiger partial charge in [0.1, 0.15) is 5.52 Å². The maximum atomic E-state index is 14.1. The maximum Gasteiger partial charge on any atom is 0.335 e. The molecular formula is C16H12BrFN2O2. The van der Waals surface area contributed by atoms with Gasteiger partial charge in [-0.15, -0.1) is 0 Å². The fraction of sp³-hybridized carbons (Fsp3) is 0.125.